The molecule has 6 nitrogen and oxygen atoms in total. The maximum Gasteiger partial charge on any atom is 0.266 e. The smallest absolute Gasteiger partial charge is 0.266 e. The summed E-state index contributed by atoms with van der Waals surface area (Å²) in [6, 6.07) is 5.54. The van der Waals surface area contributed by atoms with Crippen molar-refractivity contribution in [1.29, 1.82) is 0 Å². The molecule has 3 heterocycles. The summed E-state index contributed by atoms with van der Waals surface area (Å²) in [5.74, 6) is 2.21. The normalized spacial score (nSPS) is 18.8. The van der Waals surface area contributed by atoms with E-state index in [4.69, 9.17) is 0 Å². The highest BCUT2D eigenvalue weighted by molar-refractivity contribution is 5.40. The molecule has 126 valence electrons. The molecule has 1 aliphatic heterocycles. The van der Waals surface area contributed by atoms with Gasteiger partial charge in [-0.1, -0.05) is 0 Å². The molecule has 0 unspecified atom stereocenters. The van der Waals surface area contributed by atoms with E-state index in [-0.39, 0.29) is 5.56 Å². The van der Waals surface area contributed by atoms with E-state index in [1.807, 2.05) is 6.92 Å². The van der Waals surface area contributed by atoms with E-state index < -0.39 is 0 Å². The van der Waals surface area contributed by atoms with Crippen molar-refractivity contribution in [2.75, 3.05) is 18.0 Å². The summed E-state index contributed by atoms with van der Waals surface area (Å²) in [5, 5.41) is 4.35. The molecule has 0 spiro atoms. The van der Waals surface area contributed by atoms with Gasteiger partial charge in [-0.25, -0.2) is 14.6 Å². The molecule has 0 radical (unpaired) electrons. The summed E-state index contributed by atoms with van der Waals surface area (Å²) in [7, 11) is 0. The fourth-order valence-electron chi connectivity index (χ4n) is 3.41. The first kappa shape index (κ1) is 15.3. The summed E-state index contributed by atoms with van der Waals surface area (Å²) in [6.07, 6.45) is 6.34. The van der Waals surface area contributed by atoms with E-state index in [1.165, 1.54) is 18.5 Å². The number of hydrogen-bond donors (Lipinski definition) is 0. The largest absolute Gasteiger partial charge is 0.356 e. The standard InChI is InChI=1S/C18H23N5O/c1-13-2-5-18(24)23(21-13)11-14-6-8-22(9-7-14)17-10-16(15-3-4-15)19-12-20-17/h2,5,10,12,14-15H,3-4,6-9,11H2,1H3. The quantitative estimate of drug-likeness (QED) is 0.862. The molecule has 2 fully saturated rings. The van der Waals surface area contributed by atoms with Crippen molar-refractivity contribution in [3.8, 4) is 0 Å². The predicted octanol–water partition coefficient (Wildman–Crippen LogP) is 2.14. The van der Waals surface area contributed by atoms with Crippen LogP contribution in [0.2, 0.25) is 0 Å². The minimum Gasteiger partial charge on any atom is -0.356 e. The second kappa shape index (κ2) is 6.34. The molecule has 1 saturated carbocycles. The van der Waals surface area contributed by atoms with Crippen molar-refractivity contribution >= 4 is 5.82 Å². The lowest BCUT2D eigenvalue weighted by Gasteiger charge is -2.32. The number of aromatic nitrogens is 4. The first-order valence-electron chi connectivity index (χ1n) is 8.81. The molecule has 1 saturated heterocycles. The Kier molecular flexibility index (Phi) is 4.04. The average Bonchev–Trinajstić information content (AvgIpc) is 3.44. The zero-order valence-electron chi connectivity index (χ0n) is 14.1. The van der Waals surface area contributed by atoms with E-state index in [2.05, 4.69) is 26.0 Å². The van der Waals surface area contributed by atoms with Gasteiger partial charge in [0, 0.05) is 43.4 Å². The molecular weight excluding hydrogens is 302 g/mol. The first-order chi connectivity index (χ1) is 11.7. The van der Waals surface area contributed by atoms with Gasteiger partial charge in [-0.3, -0.25) is 4.79 Å². The maximum atomic E-state index is 11.9. The number of rotatable bonds is 4. The highest BCUT2D eigenvalue weighted by Crippen LogP contribution is 2.39. The van der Waals surface area contributed by atoms with E-state index in [0.29, 0.717) is 18.4 Å². The number of aryl methyl sites for hydroxylation is 1. The minimum atomic E-state index is -0.00657. The van der Waals surface area contributed by atoms with Crippen LogP contribution in [0, 0.1) is 12.8 Å². The number of hydrogen-bond acceptors (Lipinski definition) is 5. The fraction of sp³-hybridized carbons (Fsp3) is 0.556. The Morgan fingerprint density at radius 3 is 2.67 bits per heavy atom. The average molecular weight is 325 g/mol. The van der Waals surface area contributed by atoms with Gasteiger partial charge in [-0.2, -0.15) is 5.10 Å². The van der Waals surface area contributed by atoms with Crippen LogP contribution in [0.15, 0.2) is 29.3 Å². The highest BCUT2D eigenvalue weighted by atomic mass is 16.1. The van der Waals surface area contributed by atoms with Crippen molar-refractivity contribution < 1.29 is 0 Å². The van der Waals surface area contributed by atoms with Crippen molar-refractivity contribution in [3.63, 3.8) is 0 Å². The van der Waals surface area contributed by atoms with Crippen molar-refractivity contribution in [2.45, 2.75) is 45.1 Å². The van der Waals surface area contributed by atoms with Gasteiger partial charge < -0.3 is 4.90 Å². The lowest BCUT2D eigenvalue weighted by molar-refractivity contribution is 0.333. The van der Waals surface area contributed by atoms with Gasteiger partial charge in [0.15, 0.2) is 0 Å². The Morgan fingerprint density at radius 2 is 1.92 bits per heavy atom. The number of piperidine rings is 1. The van der Waals surface area contributed by atoms with Gasteiger partial charge in [0.1, 0.15) is 12.1 Å². The SMILES string of the molecule is Cc1ccc(=O)n(CC2CCN(c3cc(C4CC4)ncn3)CC2)n1. The topological polar surface area (TPSA) is 63.9 Å². The molecule has 2 aliphatic rings. The van der Waals surface area contributed by atoms with Crippen LogP contribution in [0.3, 0.4) is 0 Å². The molecule has 0 aromatic carbocycles. The Labute approximate surface area is 141 Å². The van der Waals surface area contributed by atoms with Crippen LogP contribution in [0.1, 0.15) is 43.0 Å². The summed E-state index contributed by atoms with van der Waals surface area (Å²) < 4.78 is 1.62. The molecule has 4 rings (SSSR count). The Hall–Kier alpha value is -2.24. The zero-order valence-corrected chi connectivity index (χ0v) is 14.1. The second-order valence-corrected chi connectivity index (χ2v) is 7.00. The van der Waals surface area contributed by atoms with Crippen molar-refractivity contribution in [1.82, 2.24) is 19.7 Å². The van der Waals surface area contributed by atoms with E-state index in [0.717, 1.165) is 37.4 Å². The molecule has 0 N–H and O–H groups in total. The molecule has 2 aromatic heterocycles. The second-order valence-electron chi connectivity index (χ2n) is 7.00. The third kappa shape index (κ3) is 3.32. The van der Waals surface area contributed by atoms with Crippen LogP contribution in [-0.4, -0.2) is 32.8 Å². The third-order valence-electron chi connectivity index (χ3n) is 5.04. The van der Waals surface area contributed by atoms with Crippen LogP contribution in [-0.2, 0) is 6.54 Å². The van der Waals surface area contributed by atoms with E-state index in [1.54, 1.807) is 23.1 Å². The fourth-order valence-corrected chi connectivity index (χ4v) is 3.41. The summed E-state index contributed by atoms with van der Waals surface area (Å²) in [5.41, 5.74) is 2.08. The lowest BCUT2D eigenvalue weighted by Crippen LogP contribution is -2.37. The van der Waals surface area contributed by atoms with Gasteiger partial charge in [0.2, 0.25) is 0 Å². The van der Waals surface area contributed by atoms with Crippen LogP contribution in [0.4, 0.5) is 5.82 Å². The van der Waals surface area contributed by atoms with E-state index >= 15 is 0 Å². The molecule has 0 amide bonds. The Balaban J connectivity index is 1.39. The van der Waals surface area contributed by atoms with E-state index in [9.17, 15) is 4.79 Å². The Bertz CT molecular complexity index is 775. The molecule has 1 aliphatic carbocycles. The zero-order chi connectivity index (χ0) is 16.5. The molecule has 24 heavy (non-hydrogen) atoms. The van der Waals surface area contributed by atoms with Crippen LogP contribution < -0.4 is 10.5 Å². The third-order valence-corrected chi connectivity index (χ3v) is 5.04. The van der Waals surface area contributed by atoms with Crippen LogP contribution >= 0.6 is 0 Å². The predicted molar refractivity (Wildman–Crippen MR) is 92.2 cm³/mol. The van der Waals surface area contributed by atoms with Gasteiger partial charge in [-0.15, -0.1) is 0 Å². The summed E-state index contributed by atoms with van der Waals surface area (Å²) in [6.45, 7) is 4.59. The summed E-state index contributed by atoms with van der Waals surface area (Å²) >= 11 is 0. The monoisotopic (exact) mass is 325 g/mol. The molecule has 0 bridgehead atoms. The lowest BCUT2D eigenvalue weighted by atomic mass is 9.97. The van der Waals surface area contributed by atoms with Gasteiger partial charge in [0.05, 0.1) is 5.69 Å². The molecule has 2 aromatic rings. The number of nitrogens with zero attached hydrogens (tertiary/aromatic N) is 5. The van der Waals surface area contributed by atoms with Crippen LogP contribution in [0.5, 0.6) is 0 Å². The minimum absolute atomic E-state index is 0.00657. The van der Waals surface area contributed by atoms with Gasteiger partial charge in [-0.05, 0) is 44.6 Å². The molecule has 0 atom stereocenters. The van der Waals surface area contributed by atoms with Crippen molar-refractivity contribution in [2.24, 2.45) is 5.92 Å². The maximum absolute atomic E-state index is 11.9. The first-order valence-corrected chi connectivity index (χ1v) is 8.81. The van der Waals surface area contributed by atoms with Gasteiger partial charge in [0.25, 0.3) is 5.56 Å². The Morgan fingerprint density at radius 1 is 1.12 bits per heavy atom. The van der Waals surface area contributed by atoms with Crippen molar-refractivity contribution in [3.05, 3.63) is 46.3 Å². The summed E-state index contributed by atoms with van der Waals surface area (Å²) in [4.78, 5) is 23.1. The highest BCUT2D eigenvalue weighted by Gasteiger charge is 2.27. The van der Waals surface area contributed by atoms with Gasteiger partial charge >= 0.3 is 0 Å². The number of anilines is 1. The molecule has 6 heteroatoms. The molecular formula is C18H23N5O. The van der Waals surface area contributed by atoms with Crippen LogP contribution in [0.25, 0.3) is 0 Å².